The van der Waals surface area contributed by atoms with Crippen molar-refractivity contribution < 1.29 is 38.1 Å². The first-order valence-corrected chi connectivity index (χ1v) is 16.8. The number of rotatable bonds is 10. The Morgan fingerprint density at radius 2 is 1.35 bits per heavy atom. The maximum Gasteiger partial charge on any atom is 0.302 e. The van der Waals surface area contributed by atoms with Gasteiger partial charge in [0.1, 0.15) is 18.3 Å². The highest BCUT2D eigenvalue weighted by Crippen LogP contribution is 2.69. The van der Waals surface area contributed by atoms with Crippen molar-refractivity contribution in [3.8, 4) is 0 Å². The Morgan fingerprint density at radius 3 is 1.98 bits per heavy atom. The third-order valence-electron chi connectivity index (χ3n) is 12.2. The van der Waals surface area contributed by atoms with Gasteiger partial charge in [0, 0.05) is 39.5 Å². The molecule has 4 aliphatic carbocycles. The van der Waals surface area contributed by atoms with Crippen molar-refractivity contribution in [2.45, 2.75) is 138 Å². The fourth-order valence-electron chi connectivity index (χ4n) is 10.5. The van der Waals surface area contributed by atoms with E-state index in [9.17, 15) is 19.2 Å². The minimum Gasteiger partial charge on any atom is -0.466 e. The fourth-order valence-corrected chi connectivity index (χ4v) is 10.5. The van der Waals surface area contributed by atoms with Crippen LogP contribution in [-0.2, 0) is 38.1 Å². The molecule has 0 N–H and O–H groups in total. The zero-order valence-corrected chi connectivity index (χ0v) is 27.8. The highest BCUT2D eigenvalue weighted by Gasteiger charge is 2.66. The van der Waals surface area contributed by atoms with Crippen molar-refractivity contribution in [2.75, 3.05) is 6.61 Å². The Kier molecular flexibility index (Phi) is 10.6. The van der Waals surface area contributed by atoms with Crippen LogP contribution in [0.2, 0.25) is 0 Å². The third-order valence-corrected chi connectivity index (χ3v) is 12.2. The predicted molar refractivity (Wildman–Crippen MR) is 161 cm³/mol. The lowest BCUT2D eigenvalue weighted by atomic mass is 9.43. The lowest BCUT2D eigenvalue weighted by Crippen LogP contribution is -2.59. The van der Waals surface area contributed by atoms with Crippen LogP contribution < -0.4 is 0 Å². The van der Waals surface area contributed by atoms with E-state index >= 15 is 0 Å². The largest absolute Gasteiger partial charge is 0.466 e. The number of fused-ring (bicyclic) bond motifs is 5. The summed E-state index contributed by atoms with van der Waals surface area (Å²) in [5.41, 5.74) is 0.0681. The summed E-state index contributed by atoms with van der Waals surface area (Å²) in [5.74, 6) is 1.19. The Balaban J connectivity index is 1.57. The van der Waals surface area contributed by atoms with Crippen LogP contribution in [-0.4, -0.2) is 48.8 Å². The van der Waals surface area contributed by atoms with E-state index in [1.807, 2.05) is 0 Å². The number of hydrogen-bond acceptors (Lipinski definition) is 8. The molecular formula is C35H56O8. The summed E-state index contributed by atoms with van der Waals surface area (Å²) in [6.45, 7) is 15.7. The SMILES string of the molecule is CC(=O)OCC(C)CCCC(C)C1C(OC(C)=O)CC2C3C(OC(C)=O)CC4CC(OC(C)=O)CCC4(C)C3CCC21C. The van der Waals surface area contributed by atoms with Gasteiger partial charge >= 0.3 is 23.9 Å². The average Bonchev–Trinajstić information content (AvgIpc) is 3.18. The summed E-state index contributed by atoms with van der Waals surface area (Å²) in [6.07, 6.45) is 9.07. The Morgan fingerprint density at radius 1 is 0.721 bits per heavy atom. The molecule has 0 saturated heterocycles. The monoisotopic (exact) mass is 604 g/mol. The molecule has 244 valence electrons. The van der Waals surface area contributed by atoms with E-state index in [0.717, 1.165) is 64.2 Å². The van der Waals surface area contributed by atoms with Crippen molar-refractivity contribution in [3.63, 3.8) is 0 Å². The first-order chi connectivity index (χ1) is 20.2. The maximum atomic E-state index is 12.5. The minimum atomic E-state index is -0.241. The zero-order valence-electron chi connectivity index (χ0n) is 27.8. The molecule has 0 radical (unpaired) electrons. The summed E-state index contributed by atoms with van der Waals surface area (Å²) in [5, 5.41) is 0. The van der Waals surface area contributed by atoms with E-state index in [0.29, 0.717) is 36.2 Å². The maximum absolute atomic E-state index is 12.5. The molecule has 0 amide bonds. The van der Waals surface area contributed by atoms with Crippen LogP contribution in [0, 0.1) is 52.3 Å². The molecule has 0 bridgehead atoms. The lowest BCUT2D eigenvalue weighted by Gasteiger charge is -2.62. The highest BCUT2D eigenvalue weighted by molar-refractivity contribution is 5.67. The predicted octanol–water partition coefficient (Wildman–Crippen LogP) is 6.67. The molecule has 0 aliphatic heterocycles. The van der Waals surface area contributed by atoms with Crippen LogP contribution in [0.4, 0.5) is 0 Å². The van der Waals surface area contributed by atoms with Crippen molar-refractivity contribution in [3.05, 3.63) is 0 Å². The summed E-state index contributed by atoms with van der Waals surface area (Å²) in [6, 6.07) is 0. The van der Waals surface area contributed by atoms with Gasteiger partial charge in [0.25, 0.3) is 0 Å². The molecule has 12 unspecified atom stereocenters. The van der Waals surface area contributed by atoms with Crippen LogP contribution in [0.15, 0.2) is 0 Å². The van der Waals surface area contributed by atoms with E-state index in [-0.39, 0.29) is 64.9 Å². The fraction of sp³-hybridized carbons (Fsp3) is 0.886. The number of hydrogen-bond donors (Lipinski definition) is 0. The minimum absolute atomic E-state index is 0.0272. The molecule has 4 aliphatic rings. The van der Waals surface area contributed by atoms with E-state index in [4.69, 9.17) is 18.9 Å². The standard InChI is InChI=1S/C35H56O8/c1-20(19-40-22(3)36)10-9-11-21(2)33-31(43-25(6)39)18-29-32-28(13-15-35(29,33)8)34(7)14-12-27(41-23(4)37)16-26(34)17-30(32)42-24(5)38/h20-21,26-33H,9-19H2,1-8H3. The Bertz CT molecular complexity index is 1040. The second kappa shape index (κ2) is 13.5. The van der Waals surface area contributed by atoms with Gasteiger partial charge in [-0.3, -0.25) is 19.2 Å². The number of ether oxygens (including phenoxy) is 4. The van der Waals surface area contributed by atoms with Crippen LogP contribution in [0.3, 0.4) is 0 Å². The lowest BCUT2D eigenvalue weighted by molar-refractivity contribution is -0.197. The van der Waals surface area contributed by atoms with E-state index in [1.54, 1.807) is 0 Å². The molecule has 43 heavy (non-hydrogen) atoms. The smallest absolute Gasteiger partial charge is 0.302 e. The summed E-state index contributed by atoms with van der Waals surface area (Å²) in [7, 11) is 0. The Labute approximate surface area is 258 Å². The molecule has 4 rings (SSSR count). The number of carbonyl (C=O) groups excluding carboxylic acids is 4. The van der Waals surface area contributed by atoms with Gasteiger partial charge < -0.3 is 18.9 Å². The summed E-state index contributed by atoms with van der Waals surface area (Å²) >= 11 is 0. The summed E-state index contributed by atoms with van der Waals surface area (Å²) in [4.78, 5) is 47.8. The zero-order chi connectivity index (χ0) is 31.7. The van der Waals surface area contributed by atoms with Crippen LogP contribution >= 0.6 is 0 Å². The van der Waals surface area contributed by atoms with Crippen molar-refractivity contribution in [1.29, 1.82) is 0 Å². The van der Waals surface area contributed by atoms with Crippen molar-refractivity contribution in [1.82, 2.24) is 0 Å². The number of carbonyl (C=O) groups is 4. The molecular weight excluding hydrogens is 548 g/mol. The molecule has 0 aromatic rings. The molecule has 0 aromatic heterocycles. The van der Waals surface area contributed by atoms with Gasteiger partial charge in [0.15, 0.2) is 0 Å². The molecule has 4 saturated carbocycles. The molecule has 8 nitrogen and oxygen atoms in total. The normalized spacial score (nSPS) is 39.7. The third kappa shape index (κ3) is 7.24. The molecule has 0 spiro atoms. The van der Waals surface area contributed by atoms with Gasteiger partial charge in [-0.05, 0) is 91.8 Å². The first-order valence-electron chi connectivity index (χ1n) is 16.8. The van der Waals surface area contributed by atoms with Crippen LogP contribution in [0.1, 0.15) is 120 Å². The number of esters is 4. The Hall–Kier alpha value is -2.12. The second-order valence-corrected chi connectivity index (χ2v) is 15.2. The van der Waals surface area contributed by atoms with E-state index < -0.39 is 0 Å². The topological polar surface area (TPSA) is 105 Å². The summed E-state index contributed by atoms with van der Waals surface area (Å²) < 4.78 is 23.2. The van der Waals surface area contributed by atoms with Gasteiger partial charge in [0.2, 0.25) is 0 Å². The van der Waals surface area contributed by atoms with Gasteiger partial charge in [-0.15, -0.1) is 0 Å². The second-order valence-electron chi connectivity index (χ2n) is 15.2. The van der Waals surface area contributed by atoms with Crippen LogP contribution in [0.25, 0.3) is 0 Å². The van der Waals surface area contributed by atoms with Crippen molar-refractivity contribution >= 4 is 23.9 Å². The molecule has 8 heteroatoms. The van der Waals surface area contributed by atoms with Crippen LogP contribution in [0.5, 0.6) is 0 Å². The molecule has 0 heterocycles. The molecule has 0 aromatic carbocycles. The molecule has 4 fully saturated rings. The van der Waals surface area contributed by atoms with Gasteiger partial charge in [-0.2, -0.15) is 0 Å². The first kappa shape index (κ1) is 33.8. The van der Waals surface area contributed by atoms with Gasteiger partial charge in [-0.25, -0.2) is 0 Å². The van der Waals surface area contributed by atoms with E-state index in [2.05, 4.69) is 27.7 Å². The van der Waals surface area contributed by atoms with E-state index in [1.165, 1.54) is 27.7 Å². The van der Waals surface area contributed by atoms with Crippen molar-refractivity contribution in [2.24, 2.45) is 52.3 Å². The average molecular weight is 605 g/mol. The highest BCUT2D eigenvalue weighted by atomic mass is 16.6. The molecule has 12 atom stereocenters. The van der Waals surface area contributed by atoms with Gasteiger partial charge in [-0.1, -0.05) is 40.5 Å². The quantitative estimate of drug-likeness (QED) is 0.201. The van der Waals surface area contributed by atoms with Gasteiger partial charge in [0.05, 0.1) is 6.61 Å².